The van der Waals surface area contributed by atoms with Crippen molar-refractivity contribution in [2.24, 2.45) is 5.92 Å². The minimum Gasteiger partial charge on any atom is -0.389 e. The molecule has 1 aliphatic rings. The predicted octanol–water partition coefficient (Wildman–Crippen LogP) is 2.03. The molecule has 2 amide bonds. The fraction of sp³-hybridized carbons (Fsp3) is 0.429. The standard InChI is InChI=1S/C14H17NO3/c1-9-7-13(17)15(14(18)8-9)12-6-4-3-5-11(12)10(2)16/h3-6,9-10,16H,7-8H2,1-2H3. The zero-order valence-electron chi connectivity index (χ0n) is 10.6. The van der Waals surface area contributed by atoms with Crippen LogP contribution in [-0.4, -0.2) is 16.9 Å². The number of carbonyl (C=O) groups excluding carboxylic acids is 2. The van der Waals surface area contributed by atoms with Crippen LogP contribution in [0.5, 0.6) is 0 Å². The third-order valence-corrected chi connectivity index (χ3v) is 3.17. The van der Waals surface area contributed by atoms with E-state index in [0.717, 1.165) is 0 Å². The topological polar surface area (TPSA) is 57.6 Å². The second-order valence-electron chi connectivity index (χ2n) is 4.87. The van der Waals surface area contributed by atoms with Gasteiger partial charge in [0, 0.05) is 18.4 Å². The van der Waals surface area contributed by atoms with Crippen LogP contribution in [0.4, 0.5) is 5.69 Å². The third-order valence-electron chi connectivity index (χ3n) is 3.17. The summed E-state index contributed by atoms with van der Waals surface area (Å²) in [7, 11) is 0. The molecule has 2 rings (SSSR count). The van der Waals surface area contributed by atoms with Gasteiger partial charge in [0.2, 0.25) is 11.8 Å². The molecule has 18 heavy (non-hydrogen) atoms. The second-order valence-corrected chi connectivity index (χ2v) is 4.87. The molecule has 0 spiro atoms. The molecule has 4 heteroatoms. The van der Waals surface area contributed by atoms with Crippen LogP contribution in [0, 0.1) is 5.92 Å². The molecule has 0 saturated carbocycles. The van der Waals surface area contributed by atoms with Gasteiger partial charge in [-0.05, 0) is 18.9 Å². The van der Waals surface area contributed by atoms with Crippen molar-refractivity contribution in [2.75, 3.05) is 4.90 Å². The maximum absolute atomic E-state index is 12.0. The number of aliphatic hydroxyl groups is 1. The van der Waals surface area contributed by atoms with Gasteiger partial charge < -0.3 is 5.11 Å². The first kappa shape index (κ1) is 12.8. The van der Waals surface area contributed by atoms with Crippen molar-refractivity contribution in [3.63, 3.8) is 0 Å². The number of hydrogen-bond acceptors (Lipinski definition) is 3. The van der Waals surface area contributed by atoms with E-state index in [1.54, 1.807) is 31.2 Å². The van der Waals surface area contributed by atoms with Crippen LogP contribution in [0.2, 0.25) is 0 Å². The summed E-state index contributed by atoms with van der Waals surface area (Å²) in [4.78, 5) is 25.2. The zero-order chi connectivity index (χ0) is 13.3. The molecule has 1 heterocycles. The maximum Gasteiger partial charge on any atom is 0.234 e. The normalized spacial score (nSPS) is 19.2. The van der Waals surface area contributed by atoms with E-state index in [4.69, 9.17) is 0 Å². The van der Waals surface area contributed by atoms with Crippen molar-refractivity contribution in [1.29, 1.82) is 0 Å². The Balaban J connectivity index is 2.42. The quantitative estimate of drug-likeness (QED) is 0.813. The van der Waals surface area contributed by atoms with E-state index in [1.165, 1.54) is 4.90 Å². The number of nitrogens with zero attached hydrogens (tertiary/aromatic N) is 1. The number of amides is 2. The molecule has 0 aromatic heterocycles. The summed E-state index contributed by atoms with van der Waals surface area (Å²) in [5.74, 6) is -0.279. The minimum absolute atomic E-state index is 0.0972. The minimum atomic E-state index is -0.707. The van der Waals surface area contributed by atoms with Crippen molar-refractivity contribution in [3.05, 3.63) is 29.8 Å². The molecule has 1 aromatic rings. The van der Waals surface area contributed by atoms with Crippen LogP contribution < -0.4 is 4.90 Å². The van der Waals surface area contributed by atoms with Gasteiger partial charge in [-0.15, -0.1) is 0 Å². The number of aliphatic hydroxyl groups excluding tert-OH is 1. The van der Waals surface area contributed by atoms with E-state index < -0.39 is 6.10 Å². The summed E-state index contributed by atoms with van der Waals surface area (Å²) < 4.78 is 0. The van der Waals surface area contributed by atoms with Crippen LogP contribution in [0.1, 0.15) is 38.4 Å². The van der Waals surface area contributed by atoms with Crippen LogP contribution >= 0.6 is 0 Å². The molecule has 1 aliphatic heterocycles. The van der Waals surface area contributed by atoms with Gasteiger partial charge in [0.25, 0.3) is 0 Å². The van der Waals surface area contributed by atoms with Crippen molar-refractivity contribution in [3.8, 4) is 0 Å². The van der Waals surface area contributed by atoms with Crippen LogP contribution in [0.25, 0.3) is 0 Å². The highest BCUT2D eigenvalue weighted by atomic mass is 16.3. The van der Waals surface area contributed by atoms with Gasteiger partial charge in [-0.25, -0.2) is 0 Å². The van der Waals surface area contributed by atoms with Crippen LogP contribution in [0.15, 0.2) is 24.3 Å². The number of carbonyl (C=O) groups is 2. The fourth-order valence-corrected chi connectivity index (χ4v) is 2.30. The van der Waals surface area contributed by atoms with Crippen LogP contribution in [0.3, 0.4) is 0 Å². The number of para-hydroxylation sites is 1. The van der Waals surface area contributed by atoms with Gasteiger partial charge in [-0.1, -0.05) is 25.1 Å². The SMILES string of the molecule is CC1CC(=O)N(c2ccccc2C(C)O)C(=O)C1. The number of benzene rings is 1. The van der Waals surface area contributed by atoms with E-state index in [-0.39, 0.29) is 17.7 Å². The van der Waals surface area contributed by atoms with Crippen LogP contribution in [-0.2, 0) is 9.59 Å². The fourth-order valence-electron chi connectivity index (χ4n) is 2.30. The molecule has 4 nitrogen and oxygen atoms in total. The summed E-state index contributed by atoms with van der Waals surface area (Å²) in [6, 6.07) is 6.99. The summed E-state index contributed by atoms with van der Waals surface area (Å²) in [6.45, 7) is 3.52. The monoisotopic (exact) mass is 247 g/mol. The highest BCUT2D eigenvalue weighted by Crippen LogP contribution is 2.30. The Morgan fingerprint density at radius 2 is 1.78 bits per heavy atom. The molecule has 1 aromatic carbocycles. The van der Waals surface area contributed by atoms with Gasteiger partial charge >= 0.3 is 0 Å². The predicted molar refractivity (Wildman–Crippen MR) is 68.0 cm³/mol. The number of piperidine rings is 1. The molecule has 0 aliphatic carbocycles. The second kappa shape index (κ2) is 4.90. The lowest BCUT2D eigenvalue weighted by molar-refractivity contribution is -0.130. The lowest BCUT2D eigenvalue weighted by atomic mass is 9.96. The van der Waals surface area contributed by atoms with Gasteiger partial charge in [-0.2, -0.15) is 0 Å². The first-order chi connectivity index (χ1) is 8.50. The Morgan fingerprint density at radius 1 is 1.22 bits per heavy atom. The van der Waals surface area contributed by atoms with Gasteiger partial charge in [0.05, 0.1) is 11.8 Å². The average Bonchev–Trinajstić information content (AvgIpc) is 2.28. The largest absolute Gasteiger partial charge is 0.389 e. The Hall–Kier alpha value is -1.68. The van der Waals surface area contributed by atoms with Crippen molar-refractivity contribution < 1.29 is 14.7 Å². The van der Waals surface area contributed by atoms with Crippen molar-refractivity contribution in [2.45, 2.75) is 32.8 Å². The molecule has 0 bridgehead atoms. The molecule has 1 atom stereocenters. The van der Waals surface area contributed by atoms with Crippen molar-refractivity contribution >= 4 is 17.5 Å². The molecular formula is C14H17NO3. The average molecular weight is 247 g/mol. The van der Waals surface area contributed by atoms with E-state index in [2.05, 4.69) is 0 Å². The number of imide groups is 1. The number of anilines is 1. The Labute approximate surface area is 106 Å². The highest BCUT2D eigenvalue weighted by Gasteiger charge is 2.32. The summed E-state index contributed by atoms with van der Waals surface area (Å²) in [6.07, 6.45) is 0.0425. The van der Waals surface area contributed by atoms with E-state index in [0.29, 0.717) is 24.1 Å². The summed E-state index contributed by atoms with van der Waals surface area (Å²) >= 11 is 0. The van der Waals surface area contributed by atoms with E-state index in [1.807, 2.05) is 6.92 Å². The molecule has 96 valence electrons. The molecule has 1 fully saturated rings. The Morgan fingerprint density at radius 3 is 2.33 bits per heavy atom. The Kier molecular flexibility index (Phi) is 3.48. The third kappa shape index (κ3) is 2.29. The number of hydrogen-bond donors (Lipinski definition) is 1. The lowest BCUT2D eigenvalue weighted by Crippen LogP contribution is -2.43. The smallest absolute Gasteiger partial charge is 0.234 e. The zero-order valence-corrected chi connectivity index (χ0v) is 10.6. The first-order valence-corrected chi connectivity index (χ1v) is 6.13. The molecule has 1 saturated heterocycles. The van der Waals surface area contributed by atoms with Gasteiger partial charge in [-0.3, -0.25) is 14.5 Å². The maximum atomic E-state index is 12.0. The number of rotatable bonds is 2. The molecule has 0 radical (unpaired) electrons. The first-order valence-electron chi connectivity index (χ1n) is 6.13. The van der Waals surface area contributed by atoms with Gasteiger partial charge in [0.1, 0.15) is 0 Å². The summed E-state index contributed by atoms with van der Waals surface area (Å²) in [5, 5.41) is 9.71. The van der Waals surface area contributed by atoms with Gasteiger partial charge in [0.15, 0.2) is 0 Å². The molecule has 1 N–H and O–H groups in total. The highest BCUT2D eigenvalue weighted by molar-refractivity contribution is 6.17. The van der Waals surface area contributed by atoms with E-state index in [9.17, 15) is 14.7 Å². The molecular weight excluding hydrogens is 230 g/mol. The molecule has 1 unspecified atom stereocenters. The van der Waals surface area contributed by atoms with E-state index >= 15 is 0 Å². The Bertz CT molecular complexity index is 464. The van der Waals surface area contributed by atoms with Crippen molar-refractivity contribution in [1.82, 2.24) is 0 Å². The summed E-state index contributed by atoms with van der Waals surface area (Å²) in [5.41, 5.74) is 1.11. The lowest BCUT2D eigenvalue weighted by Gasteiger charge is -2.30.